The number of carbonyl (C=O) groups is 3. The Morgan fingerprint density at radius 2 is 1.96 bits per heavy atom. The monoisotopic (exact) mass is 380 g/mol. The third-order valence-corrected chi connectivity index (χ3v) is 5.00. The molecular formula is C19H25ClN2O4. The summed E-state index contributed by atoms with van der Waals surface area (Å²) in [4.78, 5) is 36.6. The molecule has 26 heavy (non-hydrogen) atoms. The van der Waals surface area contributed by atoms with Gasteiger partial charge in [0.1, 0.15) is 0 Å². The average molecular weight is 381 g/mol. The largest absolute Gasteiger partial charge is 0.390 e. The van der Waals surface area contributed by atoms with Crippen molar-refractivity contribution in [3.05, 3.63) is 29.3 Å². The fourth-order valence-electron chi connectivity index (χ4n) is 3.05. The minimum atomic E-state index is -1.08. The maximum absolute atomic E-state index is 12.8. The van der Waals surface area contributed by atoms with Gasteiger partial charge in [-0.3, -0.25) is 14.4 Å². The summed E-state index contributed by atoms with van der Waals surface area (Å²) in [7, 11) is 0. The summed E-state index contributed by atoms with van der Waals surface area (Å²) in [6.07, 6.45) is 0.00450. The van der Waals surface area contributed by atoms with E-state index in [4.69, 9.17) is 11.6 Å². The molecule has 7 heteroatoms. The van der Waals surface area contributed by atoms with Crippen molar-refractivity contribution in [2.24, 2.45) is 5.41 Å². The van der Waals surface area contributed by atoms with Gasteiger partial charge in [0.25, 0.3) is 0 Å². The molecular weight excluding hydrogens is 356 g/mol. The molecule has 0 radical (unpaired) electrons. The van der Waals surface area contributed by atoms with E-state index in [0.717, 1.165) is 0 Å². The van der Waals surface area contributed by atoms with Crippen LogP contribution in [-0.2, 0) is 9.59 Å². The molecule has 0 spiro atoms. The maximum Gasteiger partial charge on any atom is 0.224 e. The Morgan fingerprint density at radius 1 is 1.27 bits per heavy atom. The predicted molar refractivity (Wildman–Crippen MR) is 100 cm³/mol. The Hall–Kier alpha value is -1.92. The number of ketones is 1. The van der Waals surface area contributed by atoms with Crippen molar-refractivity contribution >= 4 is 34.9 Å². The topological polar surface area (TPSA) is 95.5 Å². The first-order chi connectivity index (χ1) is 12.2. The van der Waals surface area contributed by atoms with Crippen LogP contribution in [0.15, 0.2) is 18.2 Å². The molecule has 1 aliphatic carbocycles. The number of fused-ring (bicyclic) bond motifs is 1. The lowest BCUT2D eigenvalue weighted by molar-refractivity contribution is -0.123. The van der Waals surface area contributed by atoms with Gasteiger partial charge in [-0.05, 0) is 44.0 Å². The van der Waals surface area contributed by atoms with Gasteiger partial charge >= 0.3 is 0 Å². The third kappa shape index (κ3) is 4.07. The van der Waals surface area contributed by atoms with Crippen molar-refractivity contribution in [1.82, 2.24) is 5.32 Å². The first kappa shape index (κ1) is 20.4. The molecule has 2 rings (SSSR count). The second kappa shape index (κ2) is 8.18. The minimum Gasteiger partial charge on any atom is -0.390 e. The van der Waals surface area contributed by atoms with E-state index in [9.17, 15) is 19.5 Å². The number of aliphatic hydroxyl groups excluding tert-OH is 1. The van der Waals surface area contributed by atoms with E-state index in [1.165, 1.54) is 0 Å². The van der Waals surface area contributed by atoms with E-state index in [0.29, 0.717) is 35.5 Å². The van der Waals surface area contributed by atoms with Gasteiger partial charge in [-0.1, -0.05) is 6.92 Å². The van der Waals surface area contributed by atoms with E-state index in [1.54, 1.807) is 39.0 Å². The zero-order chi connectivity index (χ0) is 19.5. The number of hydrogen-bond donors (Lipinski definition) is 3. The smallest absolute Gasteiger partial charge is 0.224 e. The van der Waals surface area contributed by atoms with Gasteiger partial charge in [0, 0.05) is 30.0 Å². The highest BCUT2D eigenvalue weighted by Gasteiger charge is 2.47. The molecule has 1 aromatic rings. The lowest BCUT2D eigenvalue weighted by Gasteiger charge is -2.41. The number of hydrogen-bond acceptors (Lipinski definition) is 4. The number of aliphatic hydroxyl groups is 1. The van der Waals surface area contributed by atoms with Gasteiger partial charge in [0.15, 0.2) is 5.78 Å². The number of carbonyl (C=O) groups excluding carboxylic acids is 3. The molecule has 1 aromatic carbocycles. The number of rotatable bonds is 6. The highest BCUT2D eigenvalue weighted by molar-refractivity contribution is 6.17. The van der Waals surface area contributed by atoms with Crippen molar-refractivity contribution in [3.8, 4) is 0 Å². The van der Waals surface area contributed by atoms with E-state index < -0.39 is 17.6 Å². The molecule has 2 unspecified atom stereocenters. The van der Waals surface area contributed by atoms with Gasteiger partial charge in [0.05, 0.1) is 17.6 Å². The van der Waals surface area contributed by atoms with Crippen LogP contribution in [0, 0.1) is 5.41 Å². The molecule has 142 valence electrons. The van der Waals surface area contributed by atoms with Crippen LogP contribution >= 0.6 is 11.6 Å². The number of Topliss-reactive ketones (excluding diaryl/α,β-unsaturated/α-hetero) is 1. The summed E-state index contributed by atoms with van der Waals surface area (Å²) in [5.74, 6) is -0.224. The average Bonchev–Trinajstić information content (AvgIpc) is 2.62. The Morgan fingerprint density at radius 3 is 2.58 bits per heavy atom. The quantitative estimate of drug-likeness (QED) is 0.661. The molecule has 0 bridgehead atoms. The summed E-state index contributed by atoms with van der Waals surface area (Å²) in [6, 6.07) is 4.20. The Balaban J connectivity index is 2.41. The van der Waals surface area contributed by atoms with Crippen molar-refractivity contribution in [2.45, 2.75) is 52.2 Å². The molecule has 6 nitrogen and oxygen atoms in total. The molecule has 2 amide bonds. The lowest BCUT2D eigenvalue weighted by Crippen LogP contribution is -2.51. The zero-order valence-electron chi connectivity index (χ0n) is 15.3. The van der Waals surface area contributed by atoms with Crippen LogP contribution in [0.3, 0.4) is 0 Å². The maximum atomic E-state index is 12.8. The van der Waals surface area contributed by atoms with Crippen LogP contribution in [-0.4, -0.2) is 34.7 Å². The second-order valence-electron chi connectivity index (χ2n) is 7.04. The Kier molecular flexibility index (Phi) is 6.42. The number of amides is 2. The van der Waals surface area contributed by atoms with Gasteiger partial charge in [-0.25, -0.2) is 0 Å². The summed E-state index contributed by atoms with van der Waals surface area (Å²) >= 11 is 5.63. The van der Waals surface area contributed by atoms with Crippen LogP contribution in [0.2, 0.25) is 0 Å². The number of benzene rings is 1. The number of halogens is 1. The van der Waals surface area contributed by atoms with Gasteiger partial charge in [-0.2, -0.15) is 0 Å². The van der Waals surface area contributed by atoms with Crippen molar-refractivity contribution < 1.29 is 19.5 Å². The highest BCUT2D eigenvalue weighted by Crippen LogP contribution is 2.42. The minimum absolute atomic E-state index is 0.157. The molecule has 0 heterocycles. The molecule has 0 saturated heterocycles. The standard InChI is InChI=1S/C19H25ClN2O4/c1-4-14(23)21-11-7-8-12-13(10-11)16(22-15(24)6-5-9-20)18(26)19(2,3)17(12)25/h7-8,10,16,18,26H,4-6,9H2,1-3H3,(H,21,23)(H,22,24). The van der Waals surface area contributed by atoms with Gasteiger partial charge < -0.3 is 15.7 Å². The molecule has 2 atom stereocenters. The molecule has 0 aliphatic heterocycles. The van der Waals surface area contributed by atoms with Gasteiger partial charge in [0.2, 0.25) is 11.8 Å². The summed E-state index contributed by atoms with van der Waals surface area (Å²) in [5, 5.41) is 16.3. The van der Waals surface area contributed by atoms with Gasteiger partial charge in [-0.15, -0.1) is 11.6 Å². The van der Waals surface area contributed by atoms with E-state index in [-0.39, 0.29) is 24.0 Å². The number of nitrogens with one attached hydrogen (secondary N) is 2. The third-order valence-electron chi connectivity index (χ3n) is 4.73. The fourth-order valence-corrected chi connectivity index (χ4v) is 3.19. The van der Waals surface area contributed by atoms with Crippen LogP contribution in [0.5, 0.6) is 0 Å². The van der Waals surface area contributed by atoms with Crippen molar-refractivity contribution in [2.75, 3.05) is 11.2 Å². The van der Waals surface area contributed by atoms with E-state index >= 15 is 0 Å². The normalized spacial score (nSPS) is 21.0. The molecule has 0 fully saturated rings. The molecule has 3 N–H and O–H groups in total. The molecule has 0 aromatic heterocycles. The predicted octanol–water partition coefficient (Wildman–Crippen LogP) is 2.79. The Bertz CT molecular complexity index is 717. The lowest BCUT2D eigenvalue weighted by atomic mass is 9.68. The Labute approximate surface area is 158 Å². The van der Waals surface area contributed by atoms with E-state index in [1.807, 2.05) is 0 Å². The second-order valence-corrected chi connectivity index (χ2v) is 7.42. The van der Waals surface area contributed by atoms with Crippen LogP contribution < -0.4 is 10.6 Å². The summed E-state index contributed by atoms with van der Waals surface area (Å²) in [6.45, 7) is 5.06. The molecule has 1 aliphatic rings. The highest BCUT2D eigenvalue weighted by atomic mass is 35.5. The first-order valence-electron chi connectivity index (χ1n) is 8.74. The summed E-state index contributed by atoms with van der Waals surface area (Å²) in [5.41, 5.74) is 0.439. The number of anilines is 1. The number of alkyl halides is 1. The van der Waals surface area contributed by atoms with E-state index in [2.05, 4.69) is 10.6 Å². The van der Waals surface area contributed by atoms with Crippen LogP contribution in [0.25, 0.3) is 0 Å². The van der Waals surface area contributed by atoms with Crippen LogP contribution in [0.4, 0.5) is 5.69 Å². The fraction of sp³-hybridized carbons (Fsp3) is 0.526. The van der Waals surface area contributed by atoms with Crippen LogP contribution in [0.1, 0.15) is 62.0 Å². The van der Waals surface area contributed by atoms with Crippen molar-refractivity contribution in [3.63, 3.8) is 0 Å². The summed E-state index contributed by atoms with van der Waals surface area (Å²) < 4.78 is 0. The SMILES string of the molecule is CCC(=O)Nc1ccc2c(c1)C(NC(=O)CCCCl)C(O)C(C)(C)C2=O. The first-order valence-corrected chi connectivity index (χ1v) is 9.27. The zero-order valence-corrected chi connectivity index (χ0v) is 16.0. The van der Waals surface area contributed by atoms with Crippen molar-refractivity contribution in [1.29, 1.82) is 0 Å². The molecule has 0 saturated carbocycles.